The molecule has 0 saturated carbocycles. The van der Waals surface area contributed by atoms with Crippen molar-refractivity contribution in [3.05, 3.63) is 24.7 Å². The number of hydrogen-bond acceptors (Lipinski definition) is 32. The molecule has 8 aliphatic heterocycles. The summed E-state index contributed by atoms with van der Waals surface area (Å²) in [5.74, 6) is -7.75. The summed E-state index contributed by atoms with van der Waals surface area (Å²) in [4.78, 5) is 195. The van der Waals surface area contributed by atoms with Crippen LogP contribution in [0, 0.1) is 118 Å². The number of carbonyl (C=O) groups is 13. The standard InChI is InChI=1S/C34H50N4O7.C26H46FNO7.C26H42N2O6.C24H40N2O7/c1-10-26-34(8)29(38(32(42)45-34)17-12-11-16-37-19-36-25-14-13-15-35-30(25)37)22(4)27(39)20(2)18-33(7,43-9)24(6)21(3)28(40)23(5)31(41)44-26;1-10-20-26(8,32)23(30)17(4)21(28-34-13-11-12-27)15(2)14-25(7,33-9)19(6)16(3)22(29)18(5)24(31)35-20;1-10-19-26(8)22-16(4)20(27-11-12-28(22)24(31)34-26)14(2)13-25(7,32-9)18(6)15(3)21(29)17(5)23(30)33-19;1-10-17-24(8)20(26(25)22(30)33-24)14(4)18(27)12(2)11-23(7,31-9)16(6)13(3)19(28)15(5)21(29)32-17/h13-15,19-24,26,29H,10-12,16-18H2,1-9H3;15-20,23,30,32H,10-14H2,1-9H3;14-19,22H,10-13H2,1-9H3;12-17,20H,10-11,25H2,1-9H3/t20-,21-,22+,23-,24-,26-,29-,33-,34-;15-,16-,17+,18-,19-,20-,23-,25-,26-;14-,15-,16+,17-,18-,19-,22-,25-,26-;12-,13-,14+,15-,16-,17-,20-,23-,24-/m1111/s1. The van der Waals surface area contributed by atoms with E-state index in [-0.39, 0.29) is 102 Å². The van der Waals surface area contributed by atoms with Gasteiger partial charge in [0.25, 0.3) is 0 Å². The third-order valence-corrected chi connectivity index (χ3v) is 35.8. The maximum Gasteiger partial charge on any atom is 0.425 e. The molecule has 2 aromatic rings. The molecule has 4 N–H and O–H groups in total. The lowest BCUT2D eigenvalue weighted by atomic mass is 9.70. The summed E-state index contributed by atoms with van der Waals surface area (Å²) in [5, 5.41) is 27.8. The number of pyridine rings is 1. The minimum Gasteiger partial charge on any atom is -0.459 e. The van der Waals surface area contributed by atoms with Crippen molar-refractivity contribution in [3.63, 3.8) is 0 Å². The molecule has 0 radical (unpaired) electrons. The second kappa shape index (κ2) is 51.0. The normalized spacial score (nSPS) is 40.6. The predicted molar refractivity (Wildman–Crippen MR) is 549 cm³/mol. The average Bonchev–Trinajstić information content (AvgIpc) is 1.59. The highest BCUT2D eigenvalue weighted by atomic mass is 19.1. The van der Waals surface area contributed by atoms with Gasteiger partial charge in [0.1, 0.15) is 107 Å². The van der Waals surface area contributed by atoms with Gasteiger partial charge >= 0.3 is 42.2 Å². The fourth-order valence-electron chi connectivity index (χ4n) is 24.6. The maximum atomic E-state index is 14.2. The first kappa shape index (κ1) is 125. The number of Topliss-reactive ketones (excluding diaryl/α,β-unsaturated/α-hetero) is 6. The quantitative estimate of drug-likeness (QED) is 0.0252. The van der Waals surface area contributed by atoms with Crippen LogP contribution in [0.2, 0.25) is 0 Å². The number of aromatic nitrogens is 3. The summed E-state index contributed by atoms with van der Waals surface area (Å²) >= 11 is 0. The van der Waals surface area contributed by atoms with Gasteiger partial charge in [-0.2, -0.15) is 0 Å². The van der Waals surface area contributed by atoms with Gasteiger partial charge in [0.05, 0.1) is 65.9 Å². The number of alkyl halides is 1. The third-order valence-electron chi connectivity index (χ3n) is 35.8. The number of imidazole rings is 1. The van der Waals surface area contributed by atoms with Crippen molar-refractivity contribution in [2.24, 2.45) is 134 Å². The Morgan fingerprint density at radius 3 is 1.22 bits per heavy atom. The number of ether oxygens (including phenoxy) is 11. The molecule has 147 heavy (non-hydrogen) atoms. The number of aliphatic hydroxyl groups excluding tert-OH is 1. The molecule has 7 fully saturated rings. The predicted octanol–water partition coefficient (Wildman–Crippen LogP) is 15.7. The van der Waals surface area contributed by atoms with E-state index >= 15 is 0 Å². The smallest absolute Gasteiger partial charge is 0.425 e. The third kappa shape index (κ3) is 26.2. The number of halogens is 1. The van der Waals surface area contributed by atoms with Crippen LogP contribution in [-0.4, -0.2) is 283 Å². The zero-order chi connectivity index (χ0) is 111. The number of nitrogens with two attached hydrogens (primary N) is 1. The number of ketones is 6. The lowest BCUT2D eigenvalue weighted by Crippen LogP contribution is -2.59. The number of aliphatic hydroxyl groups is 2. The lowest BCUT2D eigenvalue weighted by molar-refractivity contribution is -0.187. The molecular weight excluding hydrogens is 1900 g/mol. The molecule has 37 heteroatoms. The number of hydrazine groups is 1. The minimum absolute atomic E-state index is 0.0356. The van der Waals surface area contributed by atoms with Crippen LogP contribution in [0.15, 0.2) is 34.8 Å². The first-order valence-corrected chi connectivity index (χ1v) is 53.3. The largest absolute Gasteiger partial charge is 0.459 e. The number of methoxy groups -OCH3 is 4. The number of rotatable bonds is 17. The molecule has 2 bridgehead atoms. The van der Waals surface area contributed by atoms with Gasteiger partial charge in [-0.1, -0.05) is 144 Å². The van der Waals surface area contributed by atoms with E-state index in [4.69, 9.17) is 67.8 Å². The van der Waals surface area contributed by atoms with E-state index in [9.17, 15) is 76.9 Å². The highest BCUT2D eigenvalue weighted by Crippen LogP contribution is 2.50. The summed E-state index contributed by atoms with van der Waals surface area (Å²) in [6.45, 7) is 59.4. The Hall–Kier alpha value is -8.88. The van der Waals surface area contributed by atoms with E-state index in [0.717, 1.165) is 28.3 Å². The van der Waals surface area contributed by atoms with Crippen molar-refractivity contribution in [2.45, 2.75) is 392 Å². The van der Waals surface area contributed by atoms with Crippen molar-refractivity contribution in [3.8, 4) is 0 Å². The molecule has 3 amide bonds. The number of nitrogens with zero attached hydrogens (tertiary/aromatic N) is 8. The summed E-state index contributed by atoms with van der Waals surface area (Å²) in [5.41, 5.74) is -5.43. The van der Waals surface area contributed by atoms with Crippen LogP contribution in [0.1, 0.15) is 292 Å². The van der Waals surface area contributed by atoms with Crippen molar-refractivity contribution in [1.29, 1.82) is 0 Å². The Bertz CT molecular complexity index is 4990. The van der Waals surface area contributed by atoms with Gasteiger partial charge in [-0.05, 0) is 189 Å². The van der Waals surface area contributed by atoms with Gasteiger partial charge in [-0.15, -0.1) is 0 Å². The molecular formula is C110H178FN9O27. The number of hydrogen-bond donors (Lipinski definition) is 3. The molecule has 0 spiro atoms. The van der Waals surface area contributed by atoms with E-state index in [1.54, 1.807) is 127 Å². The number of esters is 4. The van der Waals surface area contributed by atoms with Crippen molar-refractivity contribution >= 4 is 99.4 Å². The molecule has 0 aromatic carbocycles. The van der Waals surface area contributed by atoms with Crippen LogP contribution in [0.5, 0.6) is 0 Å². The zero-order valence-corrected chi connectivity index (χ0v) is 94.6. The summed E-state index contributed by atoms with van der Waals surface area (Å²) in [6.07, 6.45) is 1.67. The number of carbonyl (C=O) groups excluding carboxylic acids is 13. The van der Waals surface area contributed by atoms with Crippen molar-refractivity contribution in [2.75, 3.05) is 61.4 Å². The van der Waals surface area contributed by atoms with Crippen LogP contribution in [-0.2, 0) is 111 Å². The molecule has 10 heterocycles. The zero-order valence-electron chi connectivity index (χ0n) is 94.6. The number of oxime groups is 1. The van der Waals surface area contributed by atoms with Crippen molar-refractivity contribution in [1.82, 2.24) is 29.3 Å². The Morgan fingerprint density at radius 1 is 0.442 bits per heavy atom. The van der Waals surface area contributed by atoms with Gasteiger partial charge < -0.3 is 76.6 Å². The van der Waals surface area contributed by atoms with Gasteiger partial charge in [0, 0.05) is 131 Å². The average molecular weight is 2080 g/mol. The monoisotopic (exact) mass is 2080 g/mol. The SMILES string of the molecule is CC[C@H]1OC(=O)[C@H](C)C(=O)[C@H](C)[C@@H](C)[C@](C)(OC)C[C@@H](C)C(=NOCCCF)[C@H](C)[C@@H](O)[C@]1(C)O.CC[C@H]1OC(=O)[C@H](C)C(=O)[C@H](C)[C@@H](C)[C@](C)(OC)C[C@@H](C)C(=O)[C@H](C)[C@H]2N(CCCCn3cnc4cccnc43)C(=O)O[C@]12C.CC[C@H]1OC(=O)[C@H](C)C(=O)[C@H](C)[C@@H](C)[C@](C)(OC)C[C@@H](C)C(=O)[C@H](C)[C@H]2N(N)C(=O)O[C@]12C.CC[C@H]1OC(=O)[C@H](C)C(=O)[C@H](C)[C@@H](C)[C@](C)(OC)C[C@@H](C)C2=NCCN3C(=O)O[C@@]1(C)[C@H]3[C@H]2C. The van der Waals surface area contributed by atoms with Gasteiger partial charge in [-0.3, -0.25) is 62.2 Å². The topological polar surface area (TPSA) is 464 Å². The molecule has 36 atom stereocenters. The maximum absolute atomic E-state index is 14.2. The van der Waals surface area contributed by atoms with Crippen LogP contribution < -0.4 is 5.84 Å². The Morgan fingerprint density at radius 2 is 0.810 bits per heavy atom. The van der Waals surface area contributed by atoms with Gasteiger partial charge in [-0.25, -0.2) is 35.2 Å². The van der Waals surface area contributed by atoms with Crippen molar-refractivity contribution < 1.29 is 134 Å². The number of amides is 3. The molecule has 832 valence electrons. The van der Waals surface area contributed by atoms with Crippen LogP contribution in [0.4, 0.5) is 18.8 Å². The Balaban J connectivity index is 0.000000268. The number of aliphatic imine (C=N–C) groups is 1. The molecule has 36 nitrogen and oxygen atoms in total. The summed E-state index contributed by atoms with van der Waals surface area (Å²) in [7, 11) is 6.40. The second-order valence-corrected chi connectivity index (χ2v) is 45.2. The van der Waals surface area contributed by atoms with Crippen LogP contribution in [0.3, 0.4) is 0 Å². The van der Waals surface area contributed by atoms with Crippen LogP contribution in [0.25, 0.3) is 11.2 Å². The van der Waals surface area contributed by atoms with E-state index in [1.165, 1.54) is 20.8 Å². The van der Waals surface area contributed by atoms with E-state index < -0.39 is 213 Å². The molecule has 8 aliphatic rings. The molecule has 0 aliphatic carbocycles. The first-order valence-electron chi connectivity index (χ1n) is 53.3. The van der Waals surface area contributed by atoms with Crippen LogP contribution >= 0.6 is 0 Å². The Kier molecular flexibility index (Phi) is 43.4. The number of aryl methyl sites for hydroxylation is 1. The number of unbranched alkanes of at least 4 members (excludes halogenated alkanes) is 1. The van der Waals surface area contributed by atoms with E-state index in [1.807, 2.05) is 127 Å². The summed E-state index contributed by atoms with van der Waals surface area (Å²) in [6, 6.07) is 1.89. The summed E-state index contributed by atoms with van der Waals surface area (Å²) < 4.78 is 79.2. The van der Waals surface area contributed by atoms with Gasteiger partial charge in [0.2, 0.25) is 0 Å². The molecule has 7 saturated heterocycles. The molecule has 10 rings (SSSR count). The fourth-order valence-corrected chi connectivity index (χ4v) is 24.6. The highest BCUT2D eigenvalue weighted by Gasteiger charge is 2.65. The fraction of sp³-hybridized carbons (Fsp3) is 0.809. The minimum atomic E-state index is -1.83. The first-order chi connectivity index (χ1) is 68.4. The number of fused-ring (bicyclic) bond motifs is 4. The van der Waals surface area contributed by atoms with E-state index in [2.05, 4.69) is 29.0 Å². The lowest BCUT2D eigenvalue weighted by Gasteiger charge is -2.43. The van der Waals surface area contributed by atoms with E-state index in [0.29, 0.717) is 83.3 Å². The van der Waals surface area contributed by atoms with Gasteiger partial charge in [0.15, 0.2) is 22.5 Å². The molecule has 2 aromatic heterocycles. The highest BCUT2D eigenvalue weighted by molar-refractivity contribution is 6.03. The second-order valence-electron chi connectivity index (χ2n) is 45.2. The number of cyclic esters (lactones) is 4. The molecule has 0 unspecified atom stereocenters. The Labute approximate surface area is 870 Å².